The summed E-state index contributed by atoms with van der Waals surface area (Å²) in [4.78, 5) is 15.5. The number of benzene rings is 1. The van der Waals surface area contributed by atoms with Gasteiger partial charge in [-0.05, 0) is 17.5 Å². The Balaban J connectivity index is 2.77. The number of nitrogens with zero attached hydrogens (tertiary/aromatic N) is 1. The van der Waals surface area contributed by atoms with Crippen molar-refractivity contribution in [3.63, 3.8) is 0 Å². The predicted molar refractivity (Wildman–Crippen MR) is 72.7 cm³/mol. The fourth-order valence-electron chi connectivity index (χ4n) is 1.74. The number of halogens is 2. The highest BCUT2D eigenvalue weighted by Crippen LogP contribution is 2.37. The van der Waals surface area contributed by atoms with Crippen molar-refractivity contribution in [3.8, 4) is 0 Å². The Labute approximate surface area is 116 Å². The Morgan fingerprint density at radius 2 is 2.22 bits per heavy atom. The first-order valence-electron chi connectivity index (χ1n) is 5.32. The number of methoxy groups -OCH3 is 1. The van der Waals surface area contributed by atoms with Crippen LogP contribution in [0.2, 0.25) is 0 Å². The average Bonchev–Trinajstić information content (AvgIpc) is 2.72. The van der Waals surface area contributed by atoms with E-state index in [1.54, 1.807) is 0 Å². The lowest BCUT2D eigenvalue weighted by Gasteiger charge is -2.09. The summed E-state index contributed by atoms with van der Waals surface area (Å²) in [5.74, 6) is -0.775. The number of carbonyl (C=O) groups is 1. The molecule has 0 amide bonds. The zero-order chi connectivity index (χ0) is 13.4. The molecule has 1 aromatic carbocycles. The first kappa shape index (κ1) is 13.4. The van der Waals surface area contributed by atoms with Crippen LogP contribution in [0, 0.1) is 5.82 Å². The Kier molecular flexibility index (Phi) is 3.68. The molecule has 0 fully saturated rings. The molecule has 0 aliphatic heterocycles. The molecule has 0 N–H and O–H groups in total. The maximum atomic E-state index is 13.8. The number of fused-ring (bicyclic) bond motifs is 1. The number of ether oxygens (including phenoxy) is 1. The molecule has 0 spiro atoms. The third-order valence-corrected chi connectivity index (χ3v) is 4.27. The number of hydrogen-bond donors (Lipinski definition) is 0. The van der Waals surface area contributed by atoms with Crippen LogP contribution in [0.1, 0.15) is 35.1 Å². The van der Waals surface area contributed by atoms with Crippen molar-refractivity contribution in [2.75, 3.05) is 7.11 Å². The molecule has 1 aromatic heterocycles. The summed E-state index contributed by atoms with van der Waals surface area (Å²) < 4.78 is 19.8. The molecular weight excluding hydrogens is 321 g/mol. The van der Waals surface area contributed by atoms with E-state index < -0.39 is 11.8 Å². The van der Waals surface area contributed by atoms with Gasteiger partial charge in [-0.1, -0.05) is 29.8 Å². The summed E-state index contributed by atoms with van der Waals surface area (Å²) in [6.07, 6.45) is 0. The number of hydrogen-bond acceptors (Lipinski definition) is 4. The Morgan fingerprint density at radius 1 is 1.56 bits per heavy atom. The number of esters is 1. The minimum absolute atomic E-state index is 0.173. The highest BCUT2D eigenvalue weighted by atomic mass is 79.9. The van der Waals surface area contributed by atoms with Crippen molar-refractivity contribution in [1.82, 2.24) is 4.98 Å². The van der Waals surface area contributed by atoms with Gasteiger partial charge in [0, 0.05) is 4.47 Å². The number of aromatic nitrogens is 1. The molecule has 0 bridgehead atoms. The van der Waals surface area contributed by atoms with Gasteiger partial charge >= 0.3 is 5.97 Å². The maximum Gasteiger partial charge on any atom is 0.367 e. The normalized spacial score (nSPS) is 11.2. The second-order valence-corrected chi connectivity index (χ2v) is 5.95. The molecular formula is C12H11BrFNO2S. The van der Waals surface area contributed by atoms with Gasteiger partial charge in [0.25, 0.3) is 0 Å². The fraction of sp³-hybridized carbons (Fsp3) is 0.333. The Bertz CT molecular complexity index is 624. The number of rotatable bonds is 2. The molecule has 0 aliphatic rings. The van der Waals surface area contributed by atoms with E-state index in [0.717, 1.165) is 16.9 Å². The van der Waals surface area contributed by atoms with Gasteiger partial charge in [-0.25, -0.2) is 14.2 Å². The van der Waals surface area contributed by atoms with Gasteiger partial charge in [-0.3, -0.25) is 0 Å². The van der Waals surface area contributed by atoms with Crippen molar-refractivity contribution in [1.29, 1.82) is 0 Å². The minimum atomic E-state index is -0.540. The molecule has 6 heteroatoms. The van der Waals surface area contributed by atoms with Gasteiger partial charge in [-0.2, -0.15) is 0 Å². The standard InChI is InChI=1S/C12H11BrFNO2S/c1-5(2)8-6(13)4-7(14)9-10(8)18-11(15-9)12(16)17-3/h4-5H,1-3H3. The van der Waals surface area contributed by atoms with Crippen molar-refractivity contribution in [2.45, 2.75) is 19.8 Å². The summed E-state index contributed by atoms with van der Waals surface area (Å²) in [5, 5.41) is 0.173. The molecule has 2 rings (SSSR count). The monoisotopic (exact) mass is 331 g/mol. The van der Waals surface area contributed by atoms with E-state index in [0.29, 0.717) is 9.17 Å². The summed E-state index contributed by atoms with van der Waals surface area (Å²) in [6, 6.07) is 1.39. The quantitative estimate of drug-likeness (QED) is 0.777. The first-order chi connectivity index (χ1) is 8.45. The molecule has 0 aliphatic carbocycles. The van der Waals surface area contributed by atoms with Crippen molar-refractivity contribution >= 4 is 43.5 Å². The van der Waals surface area contributed by atoms with E-state index in [2.05, 4.69) is 25.7 Å². The lowest BCUT2D eigenvalue weighted by molar-refractivity contribution is 0.0600. The zero-order valence-corrected chi connectivity index (χ0v) is 12.5. The second kappa shape index (κ2) is 4.93. The van der Waals surface area contributed by atoms with E-state index in [-0.39, 0.29) is 16.4 Å². The van der Waals surface area contributed by atoms with E-state index in [1.165, 1.54) is 13.2 Å². The Hall–Kier alpha value is -1.01. The molecule has 3 nitrogen and oxygen atoms in total. The van der Waals surface area contributed by atoms with Crippen LogP contribution in [0.25, 0.3) is 10.2 Å². The second-order valence-electron chi connectivity index (χ2n) is 4.10. The number of carbonyl (C=O) groups excluding carboxylic acids is 1. The summed E-state index contributed by atoms with van der Waals surface area (Å²) in [6.45, 7) is 4.02. The van der Waals surface area contributed by atoms with Gasteiger partial charge in [-0.15, -0.1) is 11.3 Å². The molecule has 0 saturated heterocycles. The third-order valence-electron chi connectivity index (χ3n) is 2.55. The van der Waals surface area contributed by atoms with Gasteiger partial charge in [0.05, 0.1) is 11.8 Å². The average molecular weight is 332 g/mol. The highest BCUT2D eigenvalue weighted by molar-refractivity contribution is 9.10. The smallest absolute Gasteiger partial charge is 0.367 e. The largest absolute Gasteiger partial charge is 0.464 e. The van der Waals surface area contributed by atoms with Crippen LogP contribution in [-0.2, 0) is 4.74 Å². The minimum Gasteiger partial charge on any atom is -0.464 e. The van der Waals surface area contributed by atoms with Crippen molar-refractivity contribution < 1.29 is 13.9 Å². The Morgan fingerprint density at radius 3 is 2.78 bits per heavy atom. The molecule has 0 unspecified atom stereocenters. The molecule has 0 radical (unpaired) electrons. The van der Waals surface area contributed by atoms with Gasteiger partial charge in [0.2, 0.25) is 5.01 Å². The predicted octanol–water partition coefficient (Wildman–Crippen LogP) is 4.11. The van der Waals surface area contributed by atoms with Crippen LogP contribution < -0.4 is 0 Å². The fourth-order valence-corrected chi connectivity index (χ4v) is 3.92. The number of thiazole rings is 1. The molecule has 0 atom stereocenters. The maximum absolute atomic E-state index is 13.8. The van der Waals surface area contributed by atoms with E-state index in [4.69, 9.17) is 0 Å². The van der Waals surface area contributed by atoms with Crippen LogP contribution in [0.5, 0.6) is 0 Å². The van der Waals surface area contributed by atoms with Gasteiger partial charge < -0.3 is 4.74 Å². The first-order valence-corrected chi connectivity index (χ1v) is 6.93. The van der Waals surface area contributed by atoms with E-state index >= 15 is 0 Å². The third kappa shape index (κ3) is 2.14. The highest BCUT2D eigenvalue weighted by Gasteiger charge is 2.20. The lowest BCUT2D eigenvalue weighted by Crippen LogP contribution is -1.99. The summed E-state index contributed by atoms with van der Waals surface area (Å²) >= 11 is 4.51. The SMILES string of the molecule is COC(=O)c1nc2c(F)cc(Br)c(C(C)C)c2s1. The van der Waals surface area contributed by atoms with Crippen LogP contribution in [-0.4, -0.2) is 18.1 Å². The summed E-state index contributed by atoms with van der Waals surface area (Å²) in [5.41, 5.74) is 1.19. The molecule has 1 heterocycles. The van der Waals surface area contributed by atoms with Gasteiger partial charge in [0.1, 0.15) is 5.52 Å². The zero-order valence-electron chi connectivity index (χ0n) is 10.1. The van der Waals surface area contributed by atoms with Gasteiger partial charge in [0.15, 0.2) is 5.82 Å². The van der Waals surface area contributed by atoms with E-state index in [9.17, 15) is 9.18 Å². The lowest BCUT2D eigenvalue weighted by atomic mass is 10.0. The molecule has 18 heavy (non-hydrogen) atoms. The molecule has 0 saturated carbocycles. The van der Waals surface area contributed by atoms with Crippen LogP contribution in [0.4, 0.5) is 4.39 Å². The van der Waals surface area contributed by atoms with Crippen LogP contribution in [0.15, 0.2) is 10.5 Å². The van der Waals surface area contributed by atoms with Crippen molar-refractivity contribution in [2.24, 2.45) is 0 Å². The van der Waals surface area contributed by atoms with E-state index in [1.807, 2.05) is 13.8 Å². The topological polar surface area (TPSA) is 39.2 Å². The molecule has 96 valence electrons. The van der Waals surface area contributed by atoms with Crippen LogP contribution >= 0.6 is 27.3 Å². The van der Waals surface area contributed by atoms with Crippen LogP contribution in [0.3, 0.4) is 0 Å². The summed E-state index contributed by atoms with van der Waals surface area (Å²) in [7, 11) is 1.28. The van der Waals surface area contributed by atoms with Crippen molar-refractivity contribution in [3.05, 3.63) is 26.9 Å². The molecule has 2 aromatic rings.